The Morgan fingerprint density at radius 3 is 2.20 bits per heavy atom. The molecule has 2 saturated heterocycles. The molecule has 4 saturated carbocycles. The third-order valence-electron chi connectivity index (χ3n) is 12.8. The molecule has 2 aliphatic heterocycles. The van der Waals surface area contributed by atoms with E-state index in [9.17, 15) is 33.9 Å². The number of hydrogen-bond donors (Lipinski definition) is 1. The number of nitrogens with zero attached hydrogens (tertiary/aromatic N) is 1. The molecule has 13 nitrogen and oxygen atoms in total. The molecule has 0 radical (unpaired) electrons. The Kier molecular flexibility index (Phi) is 8.06. The molecule has 0 unspecified atom stereocenters. The highest BCUT2D eigenvalue weighted by molar-refractivity contribution is 5.89. The van der Waals surface area contributed by atoms with Gasteiger partial charge >= 0.3 is 23.9 Å². The zero-order valence-corrected chi connectivity index (χ0v) is 28.8. The quantitative estimate of drug-likeness (QED) is 0.163. The Bertz CT molecular complexity index is 1660. The first-order valence-electron chi connectivity index (χ1n) is 17.1. The average Bonchev–Trinajstić information content (AvgIpc) is 3.39. The number of esters is 4. The molecule has 2 heterocycles. The zero-order valence-electron chi connectivity index (χ0n) is 28.8. The summed E-state index contributed by atoms with van der Waals surface area (Å²) in [6.45, 7) is 7.56. The monoisotopic (exact) mass is 693 g/mol. The van der Waals surface area contributed by atoms with Gasteiger partial charge in [-0.15, -0.1) is 0 Å². The van der Waals surface area contributed by atoms with Crippen LogP contribution in [0.2, 0.25) is 0 Å². The van der Waals surface area contributed by atoms with Crippen molar-refractivity contribution in [2.75, 3.05) is 13.7 Å². The van der Waals surface area contributed by atoms with Gasteiger partial charge in [0.15, 0.2) is 0 Å². The minimum atomic E-state index is -1.26. The highest BCUT2D eigenvalue weighted by atomic mass is 16.6. The molecule has 14 atom stereocenters. The van der Waals surface area contributed by atoms with E-state index in [2.05, 4.69) is 0 Å². The first kappa shape index (κ1) is 34.4. The van der Waals surface area contributed by atoms with E-state index in [-0.39, 0.29) is 12.0 Å². The molecule has 13 heteroatoms. The molecule has 1 N–H and O–H groups in total. The number of rotatable bonds is 10. The van der Waals surface area contributed by atoms with Gasteiger partial charge in [0.05, 0.1) is 30.0 Å². The largest absolute Gasteiger partial charge is 0.463 e. The molecule has 1 aromatic carbocycles. The normalized spacial score (nSPS) is 43.0. The van der Waals surface area contributed by atoms with E-state index < -0.39 is 119 Å². The number of carbonyl (C=O) groups is 6. The van der Waals surface area contributed by atoms with Gasteiger partial charge in [0, 0.05) is 60.3 Å². The molecule has 8 aliphatic rings. The second-order valence-electron chi connectivity index (χ2n) is 15.4. The highest BCUT2D eigenvalue weighted by Crippen LogP contribution is 2.84. The number of aldehydes is 1. The van der Waals surface area contributed by atoms with Crippen molar-refractivity contribution in [1.82, 2.24) is 4.90 Å². The fraction of sp³-hybridized carbons (Fsp3) is 0.622. The third-order valence-corrected chi connectivity index (χ3v) is 12.8. The van der Waals surface area contributed by atoms with Crippen molar-refractivity contribution in [1.29, 1.82) is 0 Å². The molecular weight excluding hydrogens is 650 g/mol. The number of aliphatic hydroxyl groups excluding tert-OH is 1. The van der Waals surface area contributed by atoms with E-state index in [1.807, 2.05) is 18.0 Å². The van der Waals surface area contributed by atoms with Crippen molar-refractivity contribution < 1.29 is 57.6 Å². The van der Waals surface area contributed by atoms with Crippen molar-refractivity contribution in [2.45, 2.75) is 83.6 Å². The molecule has 50 heavy (non-hydrogen) atoms. The molecule has 7 bridgehead atoms. The van der Waals surface area contributed by atoms with Crippen LogP contribution in [0.5, 0.6) is 0 Å². The summed E-state index contributed by atoms with van der Waals surface area (Å²) in [6.07, 6.45) is -2.54. The fourth-order valence-electron chi connectivity index (χ4n) is 11.9. The van der Waals surface area contributed by atoms with Gasteiger partial charge in [-0.2, -0.15) is 0 Å². The number of hydrogen-bond acceptors (Lipinski definition) is 13. The summed E-state index contributed by atoms with van der Waals surface area (Å²) in [6, 6.07) is 7.10. The van der Waals surface area contributed by atoms with Gasteiger partial charge in [0.1, 0.15) is 36.8 Å². The van der Waals surface area contributed by atoms with Crippen LogP contribution < -0.4 is 0 Å². The summed E-state index contributed by atoms with van der Waals surface area (Å²) in [5.74, 6) is -5.84. The van der Waals surface area contributed by atoms with Crippen LogP contribution in [0.4, 0.5) is 0 Å². The van der Waals surface area contributed by atoms with Crippen molar-refractivity contribution in [3.63, 3.8) is 0 Å². The summed E-state index contributed by atoms with van der Waals surface area (Å²) in [7, 11) is 1.85. The Hall–Kier alpha value is -4.10. The summed E-state index contributed by atoms with van der Waals surface area (Å²) in [4.78, 5) is 81.2. The van der Waals surface area contributed by atoms with Crippen molar-refractivity contribution >= 4 is 36.6 Å². The maximum Gasteiger partial charge on any atom is 0.338 e. The summed E-state index contributed by atoms with van der Waals surface area (Å²) in [5, 5.41) is 10.8. The van der Waals surface area contributed by atoms with Crippen LogP contribution in [0.1, 0.15) is 51.4 Å². The lowest BCUT2D eigenvalue weighted by Gasteiger charge is -2.68. The lowest BCUT2D eigenvalue weighted by Crippen LogP contribution is -2.77. The van der Waals surface area contributed by atoms with E-state index in [0.717, 1.165) is 6.29 Å². The average molecular weight is 694 g/mol. The van der Waals surface area contributed by atoms with Crippen LogP contribution >= 0.6 is 0 Å². The number of carbonyl (C=O) groups excluding carboxylic acids is 6. The smallest absolute Gasteiger partial charge is 0.338 e. The van der Waals surface area contributed by atoms with E-state index in [0.29, 0.717) is 12.0 Å². The summed E-state index contributed by atoms with van der Waals surface area (Å²) < 4.78 is 31.1. The van der Waals surface area contributed by atoms with E-state index in [4.69, 9.17) is 23.7 Å². The Labute approximate surface area is 289 Å². The highest BCUT2D eigenvalue weighted by Gasteiger charge is 2.94. The van der Waals surface area contributed by atoms with Gasteiger partial charge in [0.25, 0.3) is 6.47 Å². The first-order chi connectivity index (χ1) is 23.7. The van der Waals surface area contributed by atoms with Crippen LogP contribution in [0.3, 0.4) is 0 Å². The maximum atomic E-state index is 13.7. The standard InChI is InChI=1S/C37H43NO12/c1-17(2)33(44)50-26-23-21(14-39)12-36-24(26)30-37(29(36)27(23)46-16-41)28(25(38(30)6)32(36)48-19(4)43)35(5,15-40)13-22(31(37)47-18(3)42)49-34(45)20-10-8-7-9-11-20/h7-12,15-17,22-32,39H,13-14H2,1-6H3/t22-,23-,24+,25+,26-,27+,28+,29+,30+,31+,32-,35-,36-,37+/m0/s1. The molecule has 9 rings (SSSR count). The minimum absolute atomic E-state index is 0.0141. The molecule has 268 valence electrons. The van der Waals surface area contributed by atoms with Crippen LogP contribution in [0.15, 0.2) is 42.0 Å². The van der Waals surface area contributed by atoms with Gasteiger partial charge < -0.3 is 33.6 Å². The Balaban J connectivity index is 1.53. The molecule has 2 spiro atoms. The van der Waals surface area contributed by atoms with Crippen LogP contribution in [0, 0.1) is 45.8 Å². The second-order valence-corrected chi connectivity index (χ2v) is 15.4. The minimum Gasteiger partial charge on any atom is -0.463 e. The number of benzene rings is 1. The first-order valence-corrected chi connectivity index (χ1v) is 17.1. The van der Waals surface area contributed by atoms with Gasteiger partial charge in [-0.25, -0.2) is 4.79 Å². The van der Waals surface area contributed by atoms with Crippen LogP contribution in [0.25, 0.3) is 0 Å². The molecule has 6 fully saturated rings. The van der Waals surface area contributed by atoms with Gasteiger partial charge in [-0.1, -0.05) is 45.0 Å². The SMILES string of the molecule is CC(=O)O[C@@H]1[C@@H](OC(=O)c2ccccc2)C[C@@](C)(C=O)[C@H]2[C@@H]3[C@H](OC(C)=O)[C@]45C=C(CO)[C@@H]6[C@@H](OC=O)[C@H]4[C@]12[C@@H]([C@H]5[C@H]6OC(=O)C(C)C)N3C. The summed E-state index contributed by atoms with van der Waals surface area (Å²) >= 11 is 0. The van der Waals surface area contributed by atoms with E-state index >= 15 is 0 Å². The molecular formula is C37H43NO12. The van der Waals surface area contributed by atoms with E-state index in [1.165, 1.54) is 13.8 Å². The Morgan fingerprint density at radius 2 is 1.62 bits per heavy atom. The molecule has 0 amide bonds. The topological polar surface area (TPSA) is 172 Å². The summed E-state index contributed by atoms with van der Waals surface area (Å²) in [5.41, 5.74) is -2.97. The number of likely N-dealkylation sites (N-methyl/N-ethyl adjacent to an activating group) is 1. The zero-order chi connectivity index (χ0) is 36.1. The van der Waals surface area contributed by atoms with Crippen LogP contribution in [-0.2, 0) is 47.7 Å². The predicted octanol–water partition coefficient (Wildman–Crippen LogP) is 1.89. The van der Waals surface area contributed by atoms with Crippen molar-refractivity contribution in [3.05, 3.63) is 47.5 Å². The lowest BCUT2D eigenvalue weighted by molar-refractivity contribution is -0.272. The molecule has 0 aromatic heterocycles. The third kappa shape index (κ3) is 4.25. The second kappa shape index (κ2) is 11.7. The number of piperidine rings is 1. The predicted molar refractivity (Wildman–Crippen MR) is 171 cm³/mol. The van der Waals surface area contributed by atoms with Gasteiger partial charge in [-0.05, 0) is 24.8 Å². The van der Waals surface area contributed by atoms with Crippen molar-refractivity contribution in [2.24, 2.45) is 45.8 Å². The lowest BCUT2D eigenvalue weighted by atomic mass is 9.39. The van der Waals surface area contributed by atoms with E-state index in [1.54, 1.807) is 51.1 Å². The Morgan fingerprint density at radius 1 is 0.960 bits per heavy atom. The fourth-order valence-corrected chi connectivity index (χ4v) is 11.9. The molecule has 6 aliphatic carbocycles. The van der Waals surface area contributed by atoms with Crippen molar-refractivity contribution in [3.8, 4) is 0 Å². The number of ether oxygens (including phenoxy) is 5. The molecule has 1 aromatic rings. The van der Waals surface area contributed by atoms with Crippen LogP contribution in [-0.4, -0.2) is 103 Å². The number of aliphatic hydroxyl groups is 1. The van der Waals surface area contributed by atoms with Gasteiger partial charge in [-0.3, -0.25) is 24.1 Å². The maximum absolute atomic E-state index is 13.7. The van der Waals surface area contributed by atoms with Gasteiger partial charge in [0.2, 0.25) is 0 Å².